The number of nitro groups is 1. The van der Waals surface area contributed by atoms with E-state index in [4.69, 9.17) is 0 Å². The van der Waals surface area contributed by atoms with Crippen molar-refractivity contribution >= 4 is 22.1 Å². The van der Waals surface area contributed by atoms with E-state index in [0.717, 1.165) is 30.7 Å². The molecule has 1 aliphatic rings. The Morgan fingerprint density at radius 2 is 2.08 bits per heavy atom. The van der Waals surface area contributed by atoms with Gasteiger partial charge in [0.15, 0.2) is 0 Å². The number of aromatic nitrogens is 1. The summed E-state index contributed by atoms with van der Waals surface area (Å²) in [7, 11) is 0. The molecule has 0 saturated carbocycles. The number of hydrogen-bond donors (Lipinski definition) is 1. The van der Waals surface area contributed by atoms with Crippen LogP contribution in [0, 0.1) is 10.1 Å². The molecule has 7 nitrogen and oxygen atoms in total. The largest absolute Gasteiger partial charge is 0.389 e. The average molecular weight is 344 g/mol. The fourth-order valence-electron chi connectivity index (χ4n) is 3.65. The summed E-state index contributed by atoms with van der Waals surface area (Å²) in [5.74, 6) is 0. The number of hydrogen-bond acceptors (Lipinski definition) is 6. The van der Waals surface area contributed by atoms with Crippen LogP contribution < -0.4 is 4.90 Å². The lowest BCUT2D eigenvalue weighted by Gasteiger charge is -2.43. The second-order valence-electron chi connectivity index (χ2n) is 7.37. The fraction of sp³-hybridized carbons (Fsp3) is 0.500. The van der Waals surface area contributed by atoms with E-state index in [2.05, 4.69) is 21.7 Å². The maximum Gasteiger partial charge on any atom is 0.278 e. The second kappa shape index (κ2) is 6.57. The molecule has 0 spiro atoms. The topological polar surface area (TPSA) is 82.7 Å². The Kier molecular flexibility index (Phi) is 4.62. The Labute approximate surface area is 147 Å². The van der Waals surface area contributed by atoms with Gasteiger partial charge in [-0.3, -0.25) is 20.0 Å². The van der Waals surface area contributed by atoms with Gasteiger partial charge in [-0.05, 0) is 32.9 Å². The highest BCUT2D eigenvalue weighted by Gasteiger charge is 2.29. The van der Waals surface area contributed by atoms with Crippen LogP contribution >= 0.6 is 0 Å². The van der Waals surface area contributed by atoms with Gasteiger partial charge in [0.05, 0.1) is 15.9 Å². The first-order valence-electron chi connectivity index (χ1n) is 8.49. The third-order valence-corrected chi connectivity index (χ3v) is 4.60. The summed E-state index contributed by atoms with van der Waals surface area (Å²) in [5.41, 5.74) is 0.367. The van der Waals surface area contributed by atoms with E-state index in [1.165, 1.54) is 0 Å². The molecular formula is C18H24N4O3. The van der Waals surface area contributed by atoms with Crippen LogP contribution in [-0.2, 0) is 0 Å². The molecule has 0 radical (unpaired) electrons. The molecule has 1 saturated heterocycles. The van der Waals surface area contributed by atoms with Crippen molar-refractivity contribution in [1.29, 1.82) is 0 Å². The van der Waals surface area contributed by atoms with Crippen LogP contribution in [0.25, 0.3) is 10.8 Å². The number of rotatable bonds is 4. The third kappa shape index (κ3) is 3.72. The van der Waals surface area contributed by atoms with Crippen LogP contribution in [0.1, 0.15) is 20.8 Å². The van der Waals surface area contributed by atoms with E-state index >= 15 is 0 Å². The van der Waals surface area contributed by atoms with Gasteiger partial charge >= 0.3 is 0 Å². The maximum absolute atomic E-state index is 11.3. The summed E-state index contributed by atoms with van der Waals surface area (Å²) < 4.78 is 0. The number of pyridine rings is 1. The number of β-amino-alcohol motifs (C(OH)–C–C–N with tert-alkyl or cyclic N) is 1. The fourth-order valence-corrected chi connectivity index (χ4v) is 3.65. The molecule has 2 aromatic rings. The number of nitrogens with zero attached hydrogens (tertiary/aromatic N) is 4. The molecule has 0 amide bonds. The molecule has 1 aromatic carbocycles. The number of non-ortho nitro benzene ring substituents is 1. The minimum absolute atomic E-state index is 0.0835. The molecule has 2 heterocycles. The van der Waals surface area contributed by atoms with Gasteiger partial charge in [0.1, 0.15) is 0 Å². The number of anilines is 1. The van der Waals surface area contributed by atoms with Crippen LogP contribution in [-0.4, -0.2) is 57.7 Å². The van der Waals surface area contributed by atoms with Crippen molar-refractivity contribution in [2.24, 2.45) is 0 Å². The molecule has 1 fully saturated rings. The van der Waals surface area contributed by atoms with Crippen molar-refractivity contribution in [3.63, 3.8) is 0 Å². The predicted octanol–water partition coefficient (Wildman–Crippen LogP) is 2.42. The zero-order valence-electron chi connectivity index (χ0n) is 14.8. The van der Waals surface area contributed by atoms with E-state index in [0.29, 0.717) is 11.9 Å². The number of piperazine rings is 1. The van der Waals surface area contributed by atoms with E-state index in [1.807, 2.05) is 26.0 Å². The van der Waals surface area contributed by atoms with Crippen molar-refractivity contribution in [3.05, 3.63) is 40.7 Å². The minimum Gasteiger partial charge on any atom is -0.389 e. The molecular weight excluding hydrogens is 320 g/mol. The number of nitro benzene ring substituents is 1. The molecule has 25 heavy (non-hydrogen) atoms. The monoisotopic (exact) mass is 344 g/mol. The van der Waals surface area contributed by atoms with E-state index in [1.54, 1.807) is 18.5 Å². The summed E-state index contributed by atoms with van der Waals surface area (Å²) in [6.07, 6.45) is 3.23. The molecule has 1 aromatic heterocycles. The molecule has 1 unspecified atom stereocenters. The van der Waals surface area contributed by atoms with E-state index in [-0.39, 0.29) is 16.7 Å². The zero-order valence-corrected chi connectivity index (χ0v) is 14.8. The van der Waals surface area contributed by atoms with Gasteiger partial charge in [0.25, 0.3) is 5.69 Å². The van der Waals surface area contributed by atoms with Gasteiger partial charge in [-0.25, -0.2) is 0 Å². The summed E-state index contributed by atoms with van der Waals surface area (Å²) in [6.45, 7) is 8.92. The van der Waals surface area contributed by atoms with Gasteiger partial charge in [-0.15, -0.1) is 0 Å². The van der Waals surface area contributed by atoms with Crippen LogP contribution in [0.4, 0.5) is 11.4 Å². The number of aliphatic hydroxyl groups is 1. The van der Waals surface area contributed by atoms with E-state index < -0.39 is 5.60 Å². The van der Waals surface area contributed by atoms with Crippen molar-refractivity contribution < 1.29 is 10.0 Å². The van der Waals surface area contributed by atoms with Crippen molar-refractivity contribution in [2.45, 2.75) is 32.4 Å². The lowest BCUT2D eigenvalue weighted by Crippen LogP contribution is -2.54. The first-order chi connectivity index (χ1) is 11.8. The van der Waals surface area contributed by atoms with Gasteiger partial charge in [-0.1, -0.05) is 0 Å². The summed E-state index contributed by atoms with van der Waals surface area (Å²) >= 11 is 0. The third-order valence-electron chi connectivity index (χ3n) is 4.60. The lowest BCUT2D eigenvalue weighted by atomic mass is 10.0. The quantitative estimate of drug-likeness (QED) is 0.677. The van der Waals surface area contributed by atoms with Crippen LogP contribution in [0.3, 0.4) is 0 Å². The van der Waals surface area contributed by atoms with Crippen LogP contribution in [0.2, 0.25) is 0 Å². The molecule has 1 aliphatic heterocycles. The second-order valence-corrected chi connectivity index (χ2v) is 7.37. The van der Waals surface area contributed by atoms with Gasteiger partial charge in [-0.2, -0.15) is 0 Å². The highest BCUT2D eigenvalue weighted by molar-refractivity contribution is 5.99. The standard InChI is InChI=1S/C18H24N4O3/c1-13-11-20(12-18(2,3)23)8-9-21(13)16-4-5-17(22(24)25)15-10-19-7-6-14(15)16/h4-7,10,13,23H,8-9,11-12H2,1-3H3. The van der Waals surface area contributed by atoms with Crippen LogP contribution in [0.15, 0.2) is 30.6 Å². The average Bonchev–Trinajstić information content (AvgIpc) is 2.52. The Morgan fingerprint density at radius 1 is 1.32 bits per heavy atom. The lowest BCUT2D eigenvalue weighted by molar-refractivity contribution is -0.383. The van der Waals surface area contributed by atoms with Crippen LogP contribution in [0.5, 0.6) is 0 Å². The SMILES string of the molecule is CC1CN(CC(C)(C)O)CCN1c1ccc([N+](=O)[O-])c2cnccc12. The number of benzene rings is 1. The van der Waals surface area contributed by atoms with E-state index in [9.17, 15) is 15.2 Å². The normalized spacial score (nSPS) is 19.4. The summed E-state index contributed by atoms with van der Waals surface area (Å²) in [6, 6.07) is 5.49. The van der Waals surface area contributed by atoms with Gasteiger partial charge < -0.3 is 10.0 Å². The Bertz CT molecular complexity index is 787. The minimum atomic E-state index is -0.715. The molecule has 0 bridgehead atoms. The molecule has 1 N–H and O–H groups in total. The highest BCUT2D eigenvalue weighted by atomic mass is 16.6. The first kappa shape index (κ1) is 17.6. The molecule has 7 heteroatoms. The summed E-state index contributed by atoms with van der Waals surface area (Å²) in [4.78, 5) is 19.5. The van der Waals surface area contributed by atoms with Crippen molar-refractivity contribution in [2.75, 3.05) is 31.1 Å². The molecule has 134 valence electrons. The Balaban J connectivity index is 1.91. The molecule has 1 atom stereocenters. The Hall–Kier alpha value is -2.25. The smallest absolute Gasteiger partial charge is 0.278 e. The summed E-state index contributed by atoms with van der Waals surface area (Å²) in [5, 5.41) is 22.7. The highest BCUT2D eigenvalue weighted by Crippen LogP contribution is 2.34. The van der Waals surface area contributed by atoms with Gasteiger partial charge in [0.2, 0.25) is 0 Å². The predicted molar refractivity (Wildman–Crippen MR) is 97.9 cm³/mol. The van der Waals surface area contributed by atoms with Crippen molar-refractivity contribution in [1.82, 2.24) is 9.88 Å². The Morgan fingerprint density at radius 3 is 2.72 bits per heavy atom. The van der Waals surface area contributed by atoms with Crippen molar-refractivity contribution in [3.8, 4) is 0 Å². The number of fused-ring (bicyclic) bond motifs is 1. The maximum atomic E-state index is 11.3. The van der Waals surface area contributed by atoms with Gasteiger partial charge in [0, 0.05) is 61.8 Å². The molecule has 0 aliphatic carbocycles. The first-order valence-corrected chi connectivity index (χ1v) is 8.49. The zero-order chi connectivity index (χ0) is 18.2. The molecule has 3 rings (SSSR count).